The van der Waals surface area contributed by atoms with Crippen molar-refractivity contribution in [2.75, 3.05) is 13.1 Å². The fraction of sp³-hybridized carbons (Fsp3) is 0.389. The molecule has 0 bridgehead atoms. The second-order valence-electron chi connectivity index (χ2n) is 6.34. The Balaban J connectivity index is 1.47. The summed E-state index contributed by atoms with van der Waals surface area (Å²) in [5.41, 5.74) is 0.763. The molecule has 1 aromatic carbocycles. The van der Waals surface area contributed by atoms with E-state index in [2.05, 4.69) is 4.72 Å². The van der Waals surface area contributed by atoms with E-state index in [4.69, 9.17) is 0 Å². The zero-order valence-electron chi connectivity index (χ0n) is 14.3. The fourth-order valence-corrected chi connectivity index (χ4v) is 5.38. The van der Waals surface area contributed by atoms with Crippen molar-refractivity contribution in [2.24, 2.45) is 0 Å². The maximum absolute atomic E-state index is 12.4. The molecular weight excluding hydrogens is 372 g/mol. The molecule has 0 saturated carbocycles. The Kier molecular flexibility index (Phi) is 5.95. The molecule has 0 radical (unpaired) electrons. The molecule has 2 N–H and O–H groups in total. The molecule has 2 heterocycles. The van der Waals surface area contributed by atoms with Crippen LogP contribution in [0.1, 0.15) is 24.8 Å². The molecule has 8 heteroatoms. The van der Waals surface area contributed by atoms with Crippen molar-refractivity contribution in [3.05, 3.63) is 47.3 Å². The molecule has 0 unspecified atom stereocenters. The van der Waals surface area contributed by atoms with E-state index in [-0.39, 0.29) is 17.7 Å². The lowest BCUT2D eigenvalue weighted by molar-refractivity contribution is -0.132. The molecule has 0 spiro atoms. The number of aryl methyl sites for hydroxylation is 1. The van der Waals surface area contributed by atoms with Gasteiger partial charge in [0.05, 0.1) is 0 Å². The number of nitrogens with zero attached hydrogens (tertiary/aromatic N) is 1. The van der Waals surface area contributed by atoms with Crippen molar-refractivity contribution in [3.8, 4) is 5.75 Å². The van der Waals surface area contributed by atoms with Gasteiger partial charge in [-0.05, 0) is 42.3 Å². The maximum atomic E-state index is 12.4. The van der Waals surface area contributed by atoms with E-state index in [0.29, 0.717) is 43.0 Å². The van der Waals surface area contributed by atoms with Gasteiger partial charge in [-0.2, -0.15) is 0 Å². The Labute approximate surface area is 157 Å². The van der Waals surface area contributed by atoms with Crippen LogP contribution >= 0.6 is 11.3 Å². The lowest BCUT2D eigenvalue weighted by Crippen LogP contribution is -2.46. The molecular formula is C18H22N2O4S2. The van der Waals surface area contributed by atoms with Crippen LogP contribution in [0.5, 0.6) is 5.75 Å². The van der Waals surface area contributed by atoms with Gasteiger partial charge < -0.3 is 10.0 Å². The van der Waals surface area contributed by atoms with E-state index < -0.39 is 10.0 Å². The number of nitrogens with one attached hydrogen (secondary N) is 1. The molecule has 2 aromatic rings. The summed E-state index contributed by atoms with van der Waals surface area (Å²) in [4.78, 5) is 14.1. The van der Waals surface area contributed by atoms with Crippen LogP contribution in [0.15, 0.2) is 46.0 Å². The number of phenolic OH excluding ortho intramolecular Hbond substituents is 1. The Hall–Kier alpha value is -1.90. The minimum absolute atomic E-state index is 0.0350. The normalized spacial score (nSPS) is 15.9. The lowest BCUT2D eigenvalue weighted by atomic mass is 10.0. The van der Waals surface area contributed by atoms with Crippen molar-refractivity contribution in [1.82, 2.24) is 9.62 Å². The van der Waals surface area contributed by atoms with Crippen LogP contribution in [0, 0.1) is 0 Å². The molecule has 0 aliphatic carbocycles. The number of benzene rings is 1. The summed E-state index contributed by atoms with van der Waals surface area (Å²) < 4.78 is 27.6. The molecule has 3 rings (SSSR count). The highest BCUT2D eigenvalue weighted by Gasteiger charge is 2.27. The number of hydrogen-bond acceptors (Lipinski definition) is 5. The van der Waals surface area contributed by atoms with Gasteiger partial charge in [-0.25, -0.2) is 13.1 Å². The largest absolute Gasteiger partial charge is 0.508 e. The van der Waals surface area contributed by atoms with Crippen LogP contribution in [0.3, 0.4) is 0 Å². The van der Waals surface area contributed by atoms with Gasteiger partial charge in [0, 0.05) is 25.6 Å². The number of hydrogen-bond donors (Lipinski definition) is 2. The third-order valence-electron chi connectivity index (χ3n) is 4.53. The second kappa shape index (κ2) is 8.20. The van der Waals surface area contributed by atoms with Crippen LogP contribution in [0.25, 0.3) is 0 Å². The Morgan fingerprint density at radius 3 is 2.58 bits per heavy atom. The highest BCUT2D eigenvalue weighted by molar-refractivity contribution is 7.91. The quantitative estimate of drug-likeness (QED) is 0.787. The molecule has 1 aromatic heterocycles. The number of amides is 1. The summed E-state index contributed by atoms with van der Waals surface area (Å²) in [5, 5.41) is 11.5. The summed E-state index contributed by atoms with van der Waals surface area (Å²) >= 11 is 1.19. The van der Waals surface area contributed by atoms with Crippen LogP contribution in [0.4, 0.5) is 0 Å². The molecule has 0 atom stereocenters. The van der Waals surface area contributed by atoms with E-state index in [1.807, 2.05) is 12.1 Å². The van der Waals surface area contributed by atoms with Crippen LogP contribution < -0.4 is 4.72 Å². The van der Waals surface area contributed by atoms with Gasteiger partial charge in [0.1, 0.15) is 9.96 Å². The standard InChI is InChI=1S/C18H22N2O4S2/c21-16-5-2-1-4-14(16)7-8-17(22)20-11-9-15(10-12-20)19-26(23,24)18-6-3-13-25-18/h1-6,13,15,19,21H,7-12H2. The first kappa shape index (κ1) is 18.9. The second-order valence-corrected chi connectivity index (χ2v) is 9.23. The van der Waals surface area contributed by atoms with Gasteiger partial charge in [-0.1, -0.05) is 24.3 Å². The zero-order valence-corrected chi connectivity index (χ0v) is 15.9. The summed E-state index contributed by atoms with van der Waals surface area (Å²) in [6.07, 6.45) is 2.04. The summed E-state index contributed by atoms with van der Waals surface area (Å²) in [6, 6.07) is 10.2. The number of rotatable bonds is 6. The monoisotopic (exact) mass is 394 g/mol. The molecule has 1 fully saturated rings. The van der Waals surface area contributed by atoms with Gasteiger partial charge in [-0.15, -0.1) is 11.3 Å². The topological polar surface area (TPSA) is 86.7 Å². The first-order valence-corrected chi connectivity index (χ1v) is 10.9. The third kappa shape index (κ3) is 4.63. The lowest BCUT2D eigenvalue weighted by Gasteiger charge is -2.32. The highest BCUT2D eigenvalue weighted by atomic mass is 32.2. The van der Waals surface area contributed by atoms with Crippen molar-refractivity contribution < 1.29 is 18.3 Å². The van der Waals surface area contributed by atoms with Crippen molar-refractivity contribution >= 4 is 27.3 Å². The van der Waals surface area contributed by atoms with E-state index in [9.17, 15) is 18.3 Å². The number of carbonyl (C=O) groups is 1. The van der Waals surface area contributed by atoms with E-state index in [0.717, 1.165) is 5.56 Å². The Bertz CT molecular complexity index is 842. The number of likely N-dealkylation sites (tertiary alicyclic amines) is 1. The molecule has 6 nitrogen and oxygen atoms in total. The number of sulfonamides is 1. The van der Waals surface area contributed by atoms with Crippen molar-refractivity contribution in [3.63, 3.8) is 0 Å². The summed E-state index contributed by atoms with van der Waals surface area (Å²) in [7, 11) is -3.47. The van der Waals surface area contributed by atoms with E-state index in [1.165, 1.54) is 11.3 Å². The van der Waals surface area contributed by atoms with Crippen LogP contribution in [-0.2, 0) is 21.2 Å². The number of carbonyl (C=O) groups excluding carboxylic acids is 1. The average Bonchev–Trinajstić information content (AvgIpc) is 3.17. The molecule has 1 amide bonds. The van der Waals surface area contributed by atoms with Crippen LogP contribution in [-0.4, -0.2) is 43.5 Å². The van der Waals surface area contributed by atoms with Gasteiger partial charge in [-0.3, -0.25) is 4.79 Å². The van der Waals surface area contributed by atoms with Crippen molar-refractivity contribution in [1.29, 1.82) is 0 Å². The minimum Gasteiger partial charge on any atom is -0.508 e. The maximum Gasteiger partial charge on any atom is 0.250 e. The predicted octanol–water partition coefficient (Wildman–Crippen LogP) is 2.36. The number of aromatic hydroxyl groups is 1. The fourth-order valence-electron chi connectivity index (χ4n) is 3.06. The van der Waals surface area contributed by atoms with Gasteiger partial charge in [0.25, 0.3) is 0 Å². The molecule has 140 valence electrons. The first-order chi connectivity index (χ1) is 12.5. The average molecular weight is 395 g/mol. The number of piperidine rings is 1. The Morgan fingerprint density at radius 1 is 1.19 bits per heavy atom. The van der Waals surface area contributed by atoms with Gasteiger partial charge >= 0.3 is 0 Å². The summed E-state index contributed by atoms with van der Waals surface area (Å²) in [5.74, 6) is 0.245. The molecule has 26 heavy (non-hydrogen) atoms. The van der Waals surface area contributed by atoms with E-state index in [1.54, 1.807) is 34.5 Å². The number of thiophene rings is 1. The highest BCUT2D eigenvalue weighted by Crippen LogP contribution is 2.20. The molecule has 1 saturated heterocycles. The SMILES string of the molecule is O=C(CCc1ccccc1O)N1CCC(NS(=O)(=O)c2cccs2)CC1. The van der Waals surface area contributed by atoms with Crippen LogP contribution in [0.2, 0.25) is 0 Å². The Morgan fingerprint density at radius 2 is 1.92 bits per heavy atom. The third-order valence-corrected chi connectivity index (χ3v) is 7.45. The summed E-state index contributed by atoms with van der Waals surface area (Å²) in [6.45, 7) is 1.08. The number of phenols is 1. The first-order valence-electron chi connectivity index (χ1n) is 8.56. The molecule has 1 aliphatic rings. The number of para-hydroxylation sites is 1. The van der Waals surface area contributed by atoms with Gasteiger partial charge in [0.2, 0.25) is 15.9 Å². The minimum atomic E-state index is -3.47. The smallest absolute Gasteiger partial charge is 0.250 e. The van der Waals surface area contributed by atoms with E-state index >= 15 is 0 Å². The van der Waals surface area contributed by atoms with Crippen molar-refractivity contribution in [2.45, 2.75) is 35.9 Å². The predicted molar refractivity (Wildman–Crippen MR) is 101 cm³/mol. The molecule has 1 aliphatic heterocycles. The van der Waals surface area contributed by atoms with Gasteiger partial charge in [0.15, 0.2) is 0 Å². The zero-order chi connectivity index (χ0) is 18.6.